The van der Waals surface area contributed by atoms with Gasteiger partial charge in [0.1, 0.15) is 0 Å². The summed E-state index contributed by atoms with van der Waals surface area (Å²) in [6.45, 7) is 0. The molecule has 0 radical (unpaired) electrons. The van der Waals surface area contributed by atoms with Crippen LogP contribution in [-0.4, -0.2) is 22.2 Å². The number of aromatic nitrogens is 2. The Labute approximate surface area is 110 Å². The minimum atomic E-state index is -0.384. The van der Waals surface area contributed by atoms with Crippen LogP contribution < -0.4 is 5.69 Å². The summed E-state index contributed by atoms with van der Waals surface area (Å²) in [5, 5.41) is 0. The molecule has 1 heterocycles. The Balaban J connectivity index is 2.22. The number of rotatable bonds is 2. The fraction of sp³-hybridized carbons (Fsp3) is 0.429. The number of methoxy groups -OCH3 is 1. The lowest BCUT2D eigenvalue weighted by Crippen LogP contribution is -2.29. The van der Waals surface area contributed by atoms with E-state index in [1.54, 1.807) is 23.7 Å². The summed E-state index contributed by atoms with van der Waals surface area (Å²) in [6.07, 6.45) is 3.28. The van der Waals surface area contributed by atoms with Crippen LogP contribution in [0.25, 0.3) is 11.0 Å². The molecule has 0 N–H and O–H groups in total. The second-order valence-corrected chi connectivity index (χ2v) is 4.99. The van der Waals surface area contributed by atoms with Crippen LogP contribution in [0.2, 0.25) is 0 Å². The van der Waals surface area contributed by atoms with E-state index < -0.39 is 0 Å². The van der Waals surface area contributed by atoms with Crippen molar-refractivity contribution < 1.29 is 9.53 Å². The van der Waals surface area contributed by atoms with E-state index in [1.165, 1.54) is 13.5 Å². The fourth-order valence-corrected chi connectivity index (χ4v) is 2.61. The van der Waals surface area contributed by atoms with E-state index in [4.69, 9.17) is 4.74 Å². The van der Waals surface area contributed by atoms with Crippen LogP contribution in [0, 0.1) is 0 Å². The first-order valence-corrected chi connectivity index (χ1v) is 6.42. The molecule has 1 aromatic carbocycles. The first-order valence-electron chi connectivity index (χ1n) is 6.42. The lowest BCUT2D eigenvalue weighted by atomic mass is 9.93. The average molecular weight is 260 g/mol. The molecule has 1 aromatic heterocycles. The summed E-state index contributed by atoms with van der Waals surface area (Å²) in [5.74, 6) is -0.384. The zero-order valence-corrected chi connectivity index (χ0v) is 11.0. The monoisotopic (exact) mass is 260 g/mol. The molecule has 1 saturated carbocycles. The number of hydrogen-bond donors (Lipinski definition) is 0. The van der Waals surface area contributed by atoms with Gasteiger partial charge in [-0.3, -0.25) is 9.13 Å². The first-order chi connectivity index (χ1) is 9.13. The summed E-state index contributed by atoms with van der Waals surface area (Å²) < 4.78 is 8.15. The number of fused-ring (bicyclic) bond motifs is 1. The zero-order valence-electron chi connectivity index (χ0n) is 11.0. The third kappa shape index (κ3) is 1.69. The number of imidazole rings is 1. The van der Waals surface area contributed by atoms with Gasteiger partial charge in [0.2, 0.25) is 0 Å². The molecule has 1 fully saturated rings. The van der Waals surface area contributed by atoms with Crippen LogP contribution in [0.5, 0.6) is 0 Å². The molecule has 100 valence electrons. The standard InChI is InChI=1S/C14H16N2O3/c1-15-12-8-9(13(17)19-2)6-7-11(12)16(14(15)18)10-4-3-5-10/h6-8,10H,3-5H2,1-2H3. The summed E-state index contributed by atoms with van der Waals surface area (Å²) >= 11 is 0. The van der Waals surface area contributed by atoms with Crippen LogP contribution in [0.3, 0.4) is 0 Å². The SMILES string of the molecule is COC(=O)c1ccc2c(c1)n(C)c(=O)n2C1CCC1. The van der Waals surface area contributed by atoms with Gasteiger partial charge in [-0.1, -0.05) is 0 Å². The lowest BCUT2D eigenvalue weighted by molar-refractivity contribution is 0.0601. The maximum atomic E-state index is 12.3. The van der Waals surface area contributed by atoms with Gasteiger partial charge in [-0.05, 0) is 37.5 Å². The number of hydrogen-bond acceptors (Lipinski definition) is 3. The number of esters is 1. The van der Waals surface area contributed by atoms with E-state index in [0.717, 1.165) is 23.9 Å². The van der Waals surface area contributed by atoms with Crippen molar-refractivity contribution in [2.45, 2.75) is 25.3 Å². The molecule has 0 bridgehead atoms. The number of benzene rings is 1. The van der Waals surface area contributed by atoms with Crippen LogP contribution in [0.15, 0.2) is 23.0 Å². The molecule has 5 nitrogen and oxygen atoms in total. The van der Waals surface area contributed by atoms with Gasteiger partial charge < -0.3 is 4.74 Å². The number of aryl methyl sites for hydroxylation is 1. The smallest absolute Gasteiger partial charge is 0.337 e. The van der Waals surface area contributed by atoms with Gasteiger partial charge in [0.25, 0.3) is 0 Å². The molecule has 0 atom stereocenters. The second-order valence-electron chi connectivity index (χ2n) is 4.99. The van der Waals surface area contributed by atoms with Crippen molar-refractivity contribution in [1.82, 2.24) is 9.13 Å². The number of carbonyl (C=O) groups is 1. The minimum absolute atomic E-state index is 0.0123. The quantitative estimate of drug-likeness (QED) is 0.774. The summed E-state index contributed by atoms with van der Waals surface area (Å²) in [7, 11) is 3.09. The van der Waals surface area contributed by atoms with E-state index in [-0.39, 0.29) is 11.7 Å². The molecule has 19 heavy (non-hydrogen) atoms. The molecule has 1 aliphatic carbocycles. The van der Waals surface area contributed by atoms with Crippen molar-refractivity contribution in [2.75, 3.05) is 7.11 Å². The van der Waals surface area contributed by atoms with Gasteiger partial charge in [0.05, 0.1) is 23.7 Å². The molecule has 5 heteroatoms. The van der Waals surface area contributed by atoms with Crippen molar-refractivity contribution >= 4 is 17.0 Å². The zero-order chi connectivity index (χ0) is 13.6. The first kappa shape index (κ1) is 12.0. The molecular weight excluding hydrogens is 244 g/mol. The highest BCUT2D eigenvalue weighted by atomic mass is 16.5. The lowest BCUT2D eigenvalue weighted by Gasteiger charge is -2.26. The normalized spacial score (nSPS) is 15.5. The highest BCUT2D eigenvalue weighted by Gasteiger charge is 2.24. The van der Waals surface area contributed by atoms with Gasteiger partial charge in [-0.2, -0.15) is 0 Å². The third-order valence-electron chi connectivity index (χ3n) is 3.95. The van der Waals surface area contributed by atoms with Crippen LogP contribution in [0.1, 0.15) is 35.7 Å². The number of nitrogens with zero attached hydrogens (tertiary/aromatic N) is 2. The number of carbonyl (C=O) groups excluding carboxylic acids is 1. The van der Waals surface area contributed by atoms with Gasteiger partial charge >= 0.3 is 11.7 Å². The predicted molar refractivity (Wildman–Crippen MR) is 71.4 cm³/mol. The Hall–Kier alpha value is -2.04. The number of ether oxygens (including phenoxy) is 1. The Bertz CT molecular complexity index is 707. The maximum Gasteiger partial charge on any atom is 0.337 e. The second kappa shape index (κ2) is 4.26. The van der Waals surface area contributed by atoms with E-state index in [0.29, 0.717) is 11.6 Å². The molecular formula is C14H16N2O3. The summed E-state index contributed by atoms with van der Waals surface area (Å²) in [5.41, 5.74) is 2.13. The highest BCUT2D eigenvalue weighted by molar-refractivity contribution is 5.93. The van der Waals surface area contributed by atoms with Crippen molar-refractivity contribution in [1.29, 1.82) is 0 Å². The van der Waals surface area contributed by atoms with Crippen molar-refractivity contribution in [2.24, 2.45) is 7.05 Å². The van der Waals surface area contributed by atoms with Gasteiger partial charge in [0.15, 0.2) is 0 Å². The molecule has 1 aliphatic rings. The van der Waals surface area contributed by atoms with E-state index in [9.17, 15) is 9.59 Å². The van der Waals surface area contributed by atoms with Gasteiger partial charge in [-0.25, -0.2) is 9.59 Å². The third-order valence-corrected chi connectivity index (χ3v) is 3.95. The Morgan fingerprint density at radius 2 is 2.05 bits per heavy atom. The molecule has 2 aromatic rings. The predicted octanol–water partition coefficient (Wildman–Crippen LogP) is 1.85. The van der Waals surface area contributed by atoms with Crippen LogP contribution >= 0.6 is 0 Å². The van der Waals surface area contributed by atoms with Gasteiger partial charge in [0, 0.05) is 13.1 Å². The summed E-state index contributed by atoms with van der Waals surface area (Å²) in [6, 6.07) is 5.57. The summed E-state index contributed by atoms with van der Waals surface area (Å²) in [4.78, 5) is 23.8. The van der Waals surface area contributed by atoms with Crippen molar-refractivity contribution in [3.8, 4) is 0 Å². The molecule has 0 amide bonds. The molecule has 0 unspecified atom stereocenters. The molecule has 3 rings (SSSR count). The fourth-order valence-electron chi connectivity index (χ4n) is 2.61. The van der Waals surface area contributed by atoms with E-state index >= 15 is 0 Å². The highest BCUT2D eigenvalue weighted by Crippen LogP contribution is 2.33. The minimum Gasteiger partial charge on any atom is -0.465 e. The Kier molecular flexibility index (Phi) is 2.69. The molecule has 0 spiro atoms. The van der Waals surface area contributed by atoms with Crippen molar-refractivity contribution in [3.05, 3.63) is 34.2 Å². The van der Waals surface area contributed by atoms with Crippen LogP contribution in [-0.2, 0) is 11.8 Å². The average Bonchev–Trinajstić information content (AvgIpc) is 2.61. The van der Waals surface area contributed by atoms with E-state index in [2.05, 4.69) is 0 Å². The maximum absolute atomic E-state index is 12.3. The molecule has 0 aliphatic heterocycles. The van der Waals surface area contributed by atoms with Crippen molar-refractivity contribution in [3.63, 3.8) is 0 Å². The topological polar surface area (TPSA) is 53.2 Å². The van der Waals surface area contributed by atoms with Crippen LogP contribution in [0.4, 0.5) is 0 Å². The largest absolute Gasteiger partial charge is 0.465 e. The molecule has 0 saturated heterocycles. The Morgan fingerprint density at radius 3 is 2.63 bits per heavy atom. The van der Waals surface area contributed by atoms with E-state index in [1.807, 2.05) is 10.6 Å². The van der Waals surface area contributed by atoms with Gasteiger partial charge in [-0.15, -0.1) is 0 Å². The Morgan fingerprint density at radius 1 is 1.32 bits per heavy atom.